The molecule has 6 heteroatoms. The van der Waals surface area contributed by atoms with Crippen LogP contribution in [0.5, 0.6) is 5.75 Å². The number of nitrogens with zero attached hydrogens (tertiary/aromatic N) is 3. The van der Waals surface area contributed by atoms with Gasteiger partial charge in [-0.15, -0.1) is 0 Å². The van der Waals surface area contributed by atoms with Crippen molar-refractivity contribution in [2.45, 2.75) is 25.8 Å². The third kappa shape index (κ3) is 3.95. The van der Waals surface area contributed by atoms with E-state index in [1.165, 1.54) is 0 Å². The van der Waals surface area contributed by atoms with Crippen LogP contribution in [0.1, 0.15) is 19.8 Å². The van der Waals surface area contributed by atoms with Crippen molar-refractivity contribution >= 4 is 17.5 Å². The second-order valence-corrected chi connectivity index (χ2v) is 7.24. The van der Waals surface area contributed by atoms with Crippen LogP contribution >= 0.6 is 0 Å². The van der Waals surface area contributed by atoms with Gasteiger partial charge in [0.05, 0.1) is 0 Å². The lowest BCUT2D eigenvalue weighted by Gasteiger charge is -2.22. The first-order valence-electron chi connectivity index (χ1n) is 8.93. The van der Waals surface area contributed by atoms with Gasteiger partial charge in [0, 0.05) is 37.8 Å². The lowest BCUT2D eigenvalue weighted by atomic mass is 10.1. The predicted octanol–water partition coefficient (Wildman–Crippen LogP) is 1.60. The van der Waals surface area contributed by atoms with Gasteiger partial charge >= 0.3 is 0 Å². The number of rotatable bonds is 5. The minimum Gasteiger partial charge on any atom is -0.484 e. The minimum atomic E-state index is 0.0231. The second-order valence-electron chi connectivity index (χ2n) is 7.24. The highest BCUT2D eigenvalue weighted by Gasteiger charge is 2.33. The predicted molar refractivity (Wildman–Crippen MR) is 96.7 cm³/mol. The Kier molecular flexibility index (Phi) is 5.27. The van der Waals surface area contributed by atoms with E-state index in [0.29, 0.717) is 24.1 Å². The van der Waals surface area contributed by atoms with Crippen LogP contribution in [0.4, 0.5) is 5.69 Å². The summed E-state index contributed by atoms with van der Waals surface area (Å²) in [7, 11) is 4.11. The Hall–Kier alpha value is -2.08. The number of benzene rings is 1. The fourth-order valence-electron chi connectivity index (χ4n) is 3.71. The molecule has 1 aromatic rings. The van der Waals surface area contributed by atoms with Gasteiger partial charge in [-0.3, -0.25) is 9.59 Å². The molecule has 2 heterocycles. The summed E-state index contributed by atoms with van der Waals surface area (Å²) >= 11 is 0. The molecular weight excluding hydrogens is 318 g/mol. The number of ether oxygens (including phenoxy) is 1. The summed E-state index contributed by atoms with van der Waals surface area (Å²) in [5, 5.41) is 0. The summed E-state index contributed by atoms with van der Waals surface area (Å²) in [6, 6.07) is 7.81. The Labute approximate surface area is 149 Å². The zero-order valence-corrected chi connectivity index (χ0v) is 15.3. The third-order valence-electron chi connectivity index (χ3n) is 5.17. The zero-order valence-electron chi connectivity index (χ0n) is 15.3. The van der Waals surface area contributed by atoms with Crippen LogP contribution in [-0.2, 0) is 9.59 Å². The van der Waals surface area contributed by atoms with Gasteiger partial charge in [0.2, 0.25) is 5.91 Å². The van der Waals surface area contributed by atoms with Gasteiger partial charge < -0.3 is 19.4 Å². The standard InChI is InChI=1S/C19H27N3O3/c1-14-11-21(12-17(14)20(2)3)19(24)13-25-16-8-6-15(7-9-16)22-10-4-5-18(22)23/h6-9,14,17H,4-5,10-13H2,1-3H3/t14-,17-/m0/s1. The number of carbonyl (C=O) groups is 2. The van der Waals surface area contributed by atoms with Crippen molar-refractivity contribution < 1.29 is 14.3 Å². The van der Waals surface area contributed by atoms with Crippen LogP contribution in [0.2, 0.25) is 0 Å². The average Bonchev–Trinajstić information content (AvgIpc) is 3.19. The van der Waals surface area contributed by atoms with Gasteiger partial charge in [0.15, 0.2) is 6.61 Å². The second kappa shape index (κ2) is 7.44. The van der Waals surface area contributed by atoms with E-state index in [4.69, 9.17) is 4.74 Å². The van der Waals surface area contributed by atoms with E-state index < -0.39 is 0 Å². The van der Waals surface area contributed by atoms with E-state index in [2.05, 4.69) is 25.9 Å². The number of likely N-dealkylation sites (tertiary alicyclic amines) is 1. The lowest BCUT2D eigenvalue weighted by molar-refractivity contribution is -0.132. The summed E-state index contributed by atoms with van der Waals surface area (Å²) in [4.78, 5) is 30.0. The van der Waals surface area contributed by atoms with Gasteiger partial charge in [0.1, 0.15) is 5.75 Å². The molecule has 2 saturated heterocycles. The normalized spacial score (nSPS) is 23.6. The average molecular weight is 345 g/mol. The van der Waals surface area contributed by atoms with Crippen molar-refractivity contribution in [2.75, 3.05) is 45.2 Å². The number of hydrogen-bond acceptors (Lipinski definition) is 4. The van der Waals surface area contributed by atoms with Crippen LogP contribution in [0, 0.1) is 5.92 Å². The van der Waals surface area contributed by atoms with Crippen molar-refractivity contribution in [3.63, 3.8) is 0 Å². The maximum atomic E-state index is 12.4. The molecule has 25 heavy (non-hydrogen) atoms. The monoisotopic (exact) mass is 345 g/mol. The van der Waals surface area contributed by atoms with Crippen LogP contribution in [0.15, 0.2) is 24.3 Å². The summed E-state index contributed by atoms with van der Waals surface area (Å²) in [5.74, 6) is 1.31. The van der Waals surface area contributed by atoms with E-state index >= 15 is 0 Å². The van der Waals surface area contributed by atoms with Crippen molar-refractivity contribution in [1.82, 2.24) is 9.80 Å². The molecule has 0 saturated carbocycles. The number of likely N-dealkylation sites (N-methyl/N-ethyl adjacent to an activating group) is 1. The molecule has 0 aliphatic carbocycles. The smallest absolute Gasteiger partial charge is 0.260 e. The topological polar surface area (TPSA) is 53.1 Å². The Morgan fingerprint density at radius 1 is 1.24 bits per heavy atom. The maximum Gasteiger partial charge on any atom is 0.260 e. The molecule has 3 rings (SSSR count). The summed E-state index contributed by atoms with van der Waals surface area (Å²) in [6.07, 6.45) is 1.53. The molecule has 2 aliphatic heterocycles. The van der Waals surface area contributed by atoms with Gasteiger partial charge in [-0.1, -0.05) is 6.92 Å². The number of anilines is 1. The molecule has 0 spiro atoms. The molecule has 2 aliphatic rings. The van der Waals surface area contributed by atoms with E-state index in [0.717, 1.165) is 31.7 Å². The Morgan fingerprint density at radius 3 is 2.52 bits per heavy atom. The first-order valence-corrected chi connectivity index (χ1v) is 8.93. The van der Waals surface area contributed by atoms with Crippen molar-refractivity contribution in [3.8, 4) is 5.75 Å². The number of carbonyl (C=O) groups excluding carboxylic acids is 2. The van der Waals surface area contributed by atoms with Gasteiger partial charge in [0.25, 0.3) is 5.91 Å². The first-order chi connectivity index (χ1) is 12.0. The molecule has 1 aromatic carbocycles. The zero-order chi connectivity index (χ0) is 18.0. The van der Waals surface area contributed by atoms with E-state index in [1.807, 2.05) is 29.2 Å². The molecular formula is C19H27N3O3. The van der Waals surface area contributed by atoms with Crippen LogP contribution < -0.4 is 9.64 Å². The molecule has 0 radical (unpaired) electrons. The van der Waals surface area contributed by atoms with Crippen LogP contribution in [-0.4, -0.2) is 68.0 Å². The summed E-state index contributed by atoms with van der Waals surface area (Å²) in [6.45, 7) is 4.54. The van der Waals surface area contributed by atoms with Gasteiger partial charge in [-0.25, -0.2) is 0 Å². The first kappa shape index (κ1) is 17.7. The van der Waals surface area contributed by atoms with Crippen molar-refractivity contribution in [1.29, 1.82) is 0 Å². The number of hydrogen-bond donors (Lipinski definition) is 0. The molecule has 0 N–H and O–H groups in total. The summed E-state index contributed by atoms with van der Waals surface area (Å²) < 4.78 is 5.65. The van der Waals surface area contributed by atoms with E-state index in [-0.39, 0.29) is 18.4 Å². The number of amides is 2. The Morgan fingerprint density at radius 2 is 1.96 bits per heavy atom. The third-order valence-corrected chi connectivity index (χ3v) is 5.17. The molecule has 2 fully saturated rings. The highest BCUT2D eigenvalue weighted by Crippen LogP contribution is 2.24. The Bertz CT molecular complexity index is 629. The van der Waals surface area contributed by atoms with E-state index in [9.17, 15) is 9.59 Å². The van der Waals surface area contributed by atoms with Crippen LogP contribution in [0.25, 0.3) is 0 Å². The van der Waals surface area contributed by atoms with Gasteiger partial charge in [-0.05, 0) is 50.7 Å². The molecule has 0 aromatic heterocycles. The molecule has 2 amide bonds. The summed E-state index contributed by atoms with van der Waals surface area (Å²) in [5.41, 5.74) is 0.892. The molecule has 2 atom stereocenters. The highest BCUT2D eigenvalue weighted by atomic mass is 16.5. The molecule has 0 unspecified atom stereocenters. The fourth-order valence-corrected chi connectivity index (χ4v) is 3.71. The van der Waals surface area contributed by atoms with Crippen LogP contribution in [0.3, 0.4) is 0 Å². The molecule has 0 bridgehead atoms. The molecule has 6 nitrogen and oxygen atoms in total. The largest absolute Gasteiger partial charge is 0.484 e. The highest BCUT2D eigenvalue weighted by molar-refractivity contribution is 5.95. The quantitative estimate of drug-likeness (QED) is 0.813. The maximum absolute atomic E-state index is 12.4. The van der Waals surface area contributed by atoms with E-state index in [1.54, 1.807) is 4.90 Å². The molecule has 136 valence electrons. The SMILES string of the molecule is C[C@H]1CN(C(=O)COc2ccc(N3CCCC3=O)cc2)C[C@@H]1N(C)C. The Balaban J connectivity index is 1.52. The van der Waals surface area contributed by atoms with Crippen molar-refractivity contribution in [3.05, 3.63) is 24.3 Å². The fraction of sp³-hybridized carbons (Fsp3) is 0.579. The lowest BCUT2D eigenvalue weighted by Crippen LogP contribution is -2.37. The minimum absolute atomic E-state index is 0.0231. The van der Waals surface area contributed by atoms with Crippen molar-refractivity contribution in [2.24, 2.45) is 5.92 Å². The van der Waals surface area contributed by atoms with Gasteiger partial charge in [-0.2, -0.15) is 0 Å².